The predicted octanol–water partition coefficient (Wildman–Crippen LogP) is 3.86. The lowest BCUT2D eigenvalue weighted by Gasteiger charge is -2.24. The van der Waals surface area contributed by atoms with Crippen molar-refractivity contribution in [2.45, 2.75) is 57.2 Å². The van der Waals surface area contributed by atoms with Crippen molar-refractivity contribution in [1.82, 2.24) is 15.1 Å². The fourth-order valence-electron chi connectivity index (χ4n) is 4.58. The van der Waals surface area contributed by atoms with E-state index in [-0.39, 0.29) is 24.4 Å². The molecule has 1 aliphatic carbocycles. The number of hydrogen-bond acceptors (Lipinski definition) is 3. The highest BCUT2D eigenvalue weighted by Gasteiger charge is 2.52. The van der Waals surface area contributed by atoms with E-state index >= 15 is 0 Å². The molecule has 31 heavy (non-hydrogen) atoms. The van der Waals surface area contributed by atoms with Crippen LogP contribution in [-0.2, 0) is 22.7 Å². The van der Waals surface area contributed by atoms with Gasteiger partial charge in [-0.2, -0.15) is 0 Å². The molecule has 1 heterocycles. The van der Waals surface area contributed by atoms with Crippen LogP contribution in [0.4, 0.5) is 4.79 Å². The maximum Gasteiger partial charge on any atom is 0.325 e. The van der Waals surface area contributed by atoms with Gasteiger partial charge in [-0.25, -0.2) is 4.79 Å². The smallest absolute Gasteiger partial charge is 0.325 e. The summed E-state index contributed by atoms with van der Waals surface area (Å²) < 4.78 is 0. The van der Waals surface area contributed by atoms with E-state index < -0.39 is 5.54 Å². The molecular weight excluding hydrogens is 390 g/mol. The van der Waals surface area contributed by atoms with Crippen LogP contribution in [0.25, 0.3) is 0 Å². The van der Waals surface area contributed by atoms with E-state index in [1.807, 2.05) is 65.6 Å². The van der Waals surface area contributed by atoms with Gasteiger partial charge in [-0.3, -0.25) is 14.5 Å². The molecule has 4 rings (SSSR count). The molecule has 0 unspecified atom stereocenters. The molecule has 1 saturated carbocycles. The van der Waals surface area contributed by atoms with Crippen molar-refractivity contribution in [1.29, 1.82) is 0 Å². The second kappa shape index (κ2) is 9.33. The Morgan fingerprint density at radius 1 is 0.903 bits per heavy atom. The van der Waals surface area contributed by atoms with Crippen LogP contribution in [0, 0.1) is 0 Å². The van der Waals surface area contributed by atoms with Crippen molar-refractivity contribution in [2.24, 2.45) is 0 Å². The molecule has 1 saturated heterocycles. The molecule has 2 aromatic carbocycles. The quantitative estimate of drug-likeness (QED) is 0.661. The normalized spacial score (nSPS) is 17.2. The van der Waals surface area contributed by atoms with Crippen LogP contribution in [-0.4, -0.2) is 39.7 Å². The number of carbonyl (C=O) groups is 3. The summed E-state index contributed by atoms with van der Waals surface area (Å²) in [7, 11) is 0. The molecule has 0 radical (unpaired) electrons. The third-order valence-corrected chi connectivity index (χ3v) is 6.26. The number of benzene rings is 2. The molecule has 162 valence electrons. The molecule has 1 aliphatic heterocycles. The summed E-state index contributed by atoms with van der Waals surface area (Å²) in [5.74, 6) is -0.0942. The number of amides is 4. The van der Waals surface area contributed by atoms with Crippen molar-refractivity contribution in [3.8, 4) is 0 Å². The highest BCUT2D eigenvalue weighted by atomic mass is 16.2. The number of nitrogens with zero attached hydrogens (tertiary/aromatic N) is 2. The molecule has 2 fully saturated rings. The Kier molecular flexibility index (Phi) is 6.35. The summed E-state index contributed by atoms with van der Waals surface area (Å²) in [6.45, 7) is 1.34. The van der Waals surface area contributed by atoms with Gasteiger partial charge in [0.15, 0.2) is 0 Å². The first-order valence-electron chi connectivity index (χ1n) is 11.1. The Hall–Kier alpha value is -3.15. The molecule has 4 amide bonds. The number of rotatable bonds is 8. The van der Waals surface area contributed by atoms with Crippen LogP contribution in [0.5, 0.6) is 0 Å². The first kappa shape index (κ1) is 21.1. The van der Waals surface area contributed by atoms with E-state index in [1.165, 1.54) is 4.90 Å². The minimum atomic E-state index is -0.687. The van der Waals surface area contributed by atoms with Crippen molar-refractivity contribution in [3.63, 3.8) is 0 Å². The standard InChI is InChI=1S/C25H29N3O3/c29-22(14-9-17-28-23(30)25(26-24(28)31)15-7-8-16-25)27(18-20-10-3-1-4-11-20)19-21-12-5-2-6-13-21/h1-6,10-13H,7-9,14-19H2,(H,26,31). The van der Waals surface area contributed by atoms with Gasteiger partial charge in [0.05, 0.1) is 0 Å². The van der Waals surface area contributed by atoms with E-state index in [4.69, 9.17) is 0 Å². The number of nitrogens with one attached hydrogen (secondary N) is 1. The van der Waals surface area contributed by atoms with Gasteiger partial charge in [0, 0.05) is 26.1 Å². The zero-order chi connectivity index (χ0) is 21.7. The lowest BCUT2D eigenvalue weighted by Crippen LogP contribution is -2.44. The first-order valence-corrected chi connectivity index (χ1v) is 11.1. The molecule has 1 spiro atoms. The van der Waals surface area contributed by atoms with Crippen molar-refractivity contribution in [3.05, 3.63) is 71.8 Å². The van der Waals surface area contributed by atoms with E-state index in [1.54, 1.807) is 0 Å². The predicted molar refractivity (Wildman–Crippen MR) is 118 cm³/mol. The summed E-state index contributed by atoms with van der Waals surface area (Å²) in [5, 5.41) is 2.90. The summed E-state index contributed by atoms with van der Waals surface area (Å²) in [6, 6.07) is 19.5. The zero-order valence-electron chi connectivity index (χ0n) is 17.8. The average Bonchev–Trinajstić information content (AvgIpc) is 3.35. The topological polar surface area (TPSA) is 69.7 Å². The highest BCUT2D eigenvalue weighted by Crippen LogP contribution is 2.35. The summed E-state index contributed by atoms with van der Waals surface area (Å²) in [4.78, 5) is 41.3. The number of imide groups is 1. The van der Waals surface area contributed by atoms with Gasteiger partial charge in [-0.05, 0) is 30.4 Å². The number of carbonyl (C=O) groups excluding carboxylic acids is 3. The van der Waals surface area contributed by atoms with Gasteiger partial charge < -0.3 is 10.2 Å². The van der Waals surface area contributed by atoms with Crippen molar-refractivity contribution >= 4 is 17.8 Å². The second-order valence-electron chi connectivity index (χ2n) is 8.50. The average molecular weight is 420 g/mol. The van der Waals surface area contributed by atoms with Gasteiger partial charge in [0.1, 0.15) is 5.54 Å². The van der Waals surface area contributed by atoms with Gasteiger partial charge in [-0.15, -0.1) is 0 Å². The second-order valence-corrected chi connectivity index (χ2v) is 8.50. The van der Waals surface area contributed by atoms with E-state index in [9.17, 15) is 14.4 Å². The number of urea groups is 1. The maximum atomic E-state index is 13.1. The third-order valence-electron chi connectivity index (χ3n) is 6.26. The van der Waals surface area contributed by atoms with Crippen molar-refractivity contribution in [2.75, 3.05) is 6.54 Å². The lowest BCUT2D eigenvalue weighted by molar-refractivity contribution is -0.134. The Labute approximate surface area is 183 Å². The van der Waals surface area contributed by atoms with E-state index in [2.05, 4.69) is 5.32 Å². The van der Waals surface area contributed by atoms with Crippen LogP contribution < -0.4 is 5.32 Å². The minimum absolute atomic E-state index is 0.0235. The Bertz CT molecular complexity index is 882. The molecule has 2 aromatic rings. The van der Waals surface area contributed by atoms with E-state index in [0.29, 0.717) is 25.9 Å². The summed E-state index contributed by atoms with van der Waals surface area (Å²) in [5.41, 5.74) is 1.46. The zero-order valence-corrected chi connectivity index (χ0v) is 17.8. The molecule has 0 bridgehead atoms. The highest BCUT2D eigenvalue weighted by molar-refractivity contribution is 6.07. The molecule has 0 aromatic heterocycles. The van der Waals surface area contributed by atoms with Crippen LogP contribution in [0.2, 0.25) is 0 Å². The Balaban J connectivity index is 1.37. The summed E-state index contributed by atoms with van der Waals surface area (Å²) >= 11 is 0. The largest absolute Gasteiger partial charge is 0.334 e. The lowest BCUT2D eigenvalue weighted by atomic mass is 9.98. The Morgan fingerprint density at radius 2 is 1.45 bits per heavy atom. The number of hydrogen-bond donors (Lipinski definition) is 1. The Morgan fingerprint density at radius 3 is 2.00 bits per heavy atom. The molecule has 6 nitrogen and oxygen atoms in total. The van der Waals surface area contributed by atoms with Crippen LogP contribution in [0.1, 0.15) is 49.7 Å². The molecule has 6 heteroatoms. The van der Waals surface area contributed by atoms with E-state index in [0.717, 1.165) is 36.8 Å². The fourth-order valence-corrected chi connectivity index (χ4v) is 4.58. The van der Waals surface area contributed by atoms with Gasteiger partial charge >= 0.3 is 6.03 Å². The van der Waals surface area contributed by atoms with Crippen LogP contribution in [0.3, 0.4) is 0 Å². The van der Waals surface area contributed by atoms with Gasteiger partial charge in [0.25, 0.3) is 5.91 Å². The van der Waals surface area contributed by atoms with Crippen LogP contribution >= 0.6 is 0 Å². The van der Waals surface area contributed by atoms with Crippen LogP contribution in [0.15, 0.2) is 60.7 Å². The molecule has 2 aliphatic rings. The molecular formula is C25H29N3O3. The van der Waals surface area contributed by atoms with Gasteiger partial charge in [-0.1, -0.05) is 73.5 Å². The fraction of sp³-hybridized carbons (Fsp3) is 0.400. The monoisotopic (exact) mass is 419 g/mol. The van der Waals surface area contributed by atoms with Gasteiger partial charge in [0.2, 0.25) is 5.91 Å². The maximum absolute atomic E-state index is 13.1. The molecule has 1 N–H and O–H groups in total. The first-order chi connectivity index (χ1) is 15.1. The van der Waals surface area contributed by atoms with Crippen molar-refractivity contribution < 1.29 is 14.4 Å². The summed E-state index contributed by atoms with van der Waals surface area (Å²) in [6.07, 6.45) is 4.13. The molecule has 0 atom stereocenters. The SMILES string of the molecule is O=C(CCCN1C(=O)NC2(CCCC2)C1=O)N(Cc1ccccc1)Cc1ccccc1. The minimum Gasteiger partial charge on any atom is -0.334 e. The third kappa shape index (κ3) is 4.79.